The second kappa shape index (κ2) is 7.59. The molecular formula is C16H17NO5S2. The molecule has 128 valence electrons. The van der Waals surface area contributed by atoms with E-state index in [0.29, 0.717) is 11.3 Å². The minimum Gasteiger partial charge on any atom is -0.495 e. The van der Waals surface area contributed by atoms with Crippen molar-refractivity contribution in [1.29, 1.82) is 0 Å². The Kier molecular flexibility index (Phi) is 5.74. The first-order chi connectivity index (χ1) is 11.4. The second-order valence-corrected chi connectivity index (χ2v) is 7.36. The first-order valence-electron chi connectivity index (χ1n) is 6.92. The standard InChI is InChI=1S/C16H17NO5S2/c1-22-13-8-7-11(10-16(18)19)9-15(13)24(20,21)17-12-5-3-4-6-14(12)23-2/h3-9,17H,10H2,1-2H3,(H,18,19). The van der Waals surface area contributed by atoms with Crippen molar-refractivity contribution in [1.82, 2.24) is 0 Å². The van der Waals surface area contributed by atoms with Gasteiger partial charge >= 0.3 is 5.97 Å². The van der Waals surface area contributed by atoms with Gasteiger partial charge in [0.15, 0.2) is 0 Å². The summed E-state index contributed by atoms with van der Waals surface area (Å²) in [5.41, 5.74) is 0.831. The minimum absolute atomic E-state index is 0.0975. The van der Waals surface area contributed by atoms with Crippen LogP contribution in [-0.2, 0) is 21.2 Å². The van der Waals surface area contributed by atoms with Crippen LogP contribution >= 0.6 is 11.8 Å². The molecule has 0 heterocycles. The van der Waals surface area contributed by atoms with Gasteiger partial charge in [-0.05, 0) is 36.1 Å². The molecule has 2 N–H and O–H groups in total. The lowest BCUT2D eigenvalue weighted by atomic mass is 10.1. The Morgan fingerprint density at radius 2 is 1.96 bits per heavy atom. The third-order valence-electron chi connectivity index (χ3n) is 3.22. The molecule has 0 atom stereocenters. The molecule has 0 saturated heterocycles. The highest BCUT2D eigenvalue weighted by Gasteiger charge is 2.21. The number of carboxylic acid groups (broad SMARTS) is 1. The first-order valence-corrected chi connectivity index (χ1v) is 9.62. The van der Waals surface area contributed by atoms with Crippen LogP contribution in [0.15, 0.2) is 52.3 Å². The Labute approximate surface area is 144 Å². The summed E-state index contributed by atoms with van der Waals surface area (Å²) in [5, 5.41) is 8.89. The van der Waals surface area contributed by atoms with E-state index in [4.69, 9.17) is 9.84 Å². The molecule has 0 spiro atoms. The fourth-order valence-corrected chi connectivity index (χ4v) is 4.06. The van der Waals surface area contributed by atoms with Gasteiger partial charge in [-0.2, -0.15) is 0 Å². The Hall–Kier alpha value is -2.19. The maximum Gasteiger partial charge on any atom is 0.307 e. The van der Waals surface area contributed by atoms with Crippen LogP contribution in [0.4, 0.5) is 5.69 Å². The second-order valence-electron chi connectivity index (χ2n) is 4.86. The maximum atomic E-state index is 12.7. The minimum atomic E-state index is -3.93. The van der Waals surface area contributed by atoms with Gasteiger partial charge < -0.3 is 9.84 Å². The van der Waals surface area contributed by atoms with Crippen molar-refractivity contribution in [2.24, 2.45) is 0 Å². The number of ether oxygens (including phenoxy) is 1. The van der Waals surface area contributed by atoms with Crippen LogP contribution in [0.1, 0.15) is 5.56 Å². The largest absolute Gasteiger partial charge is 0.495 e. The highest BCUT2D eigenvalue weighted by Crippen LogP contribution is 2.30. The third-order valence-corrected chi connectivity index (χ3v) is 5.41. The Morgan fingerprint density at radius 3 is 2.58 bits per heavy atom. The molecule has 8 heteroatoms. The van der Waals surface area contributed by atoms with Crippen LogP contribution in [-0.4, -0.2) is 32.9 Å². The lowest BCUT2D eigenvalue weighted by Gasteiger charge is -2.14. The Balaban J connectivity index is 2.45. The number of benzene rings is 2. The quantitative estimate of drug-likeness (QED) is 0.731. The molecule has 0 unspecified atom stereocenters. The normalized spacial score (nSPS) is 11.1. The van der Waals surface area contributed by atoms with E-state index in [1.807, 2.05) is 12.3 Å². The van der Waals surface area contributed by atoms with E-state index in [-0.39, 0.29) is 17.1 Å². The fraction of sp³-hybridized carbons (Fsp3) is 0.188. The maximum absolute atomic E-state index is 12.7. The molecular weight excluding hydrogens is 350 g/mol. The van der Waals surface area contributed by atoms with Crippen molar-refractivity contribution in [3.63, 3.8) is 0 Å². The molecule has 0 aliphatic heterocycles. The van der Waals surface area contributed by atoms with E-state index in [1.54, 1.807) is 18.2 Å². The van der Waals surface area contributed by atoms with Crippen molar-refractivity contribution in [3.8, 4) is 5.75 Å². The van der Waals surface area contributed by atoms with Crippen molar-refractivity contribution < 1.29 is 23.1 Å². The number of sulfonamides is 1. The van der Waals surface area contributed by atoms with E-state index in [1.165, 1.54) is 37.1 Å². The monoisotopic (exact) mass is 367 g/mol. The van der Waals surface area contributed by atoms with Crippen LogP contribution in [0.5, 0.6) is 5.75 Å². The number of carbonyl (C=O) groups is 1. The number of para-hydroxylation sites is 1. The van der Waals surface area contributed by atoms with Gasteiger partial charge in [-0.1, -0.05) is 18.2 Å². The average molecular weight is 367 g/mol. The van der Waals surface area contributed by atoms with Gasteiger partial charge in [-0.25, -0.2) is 8.42 Å². The van der Waals surface area contributed by atoms with Crippen LogP contribution in [0.3, 0.4) is 0 Å². The average Bonchev–Trinajstić information content (AvgIpc) is 2.54. The number of methoxy groups -OCH3 is 1. The van der Waals surface area contributed by atoms with E-state index >= 15 is 0 Å². The number of rotatable bonds is 7. The number of anilines is 1. The fourth-order valence-electron chi connectivity index (χ4n) is 2.14. The Bertz CT molecular complexity index is 849. The summed E-state index contributed by atoms with van der Waals surface area (Å²) in [4.78, 5) is 11.5. The predicted molar refractivity (Wildman–Crippen MR) is 93.4 cm³/mol. The topological polar surface area (TPSA) is 92.7 Å². The number of thioether (sulfide) groups is 1. The predicted octanol–water partition coefficient (Wildman–Crippen LogP) is 2.85. The molecule has 0 saturated carbocycles. The smallest absolute Gasteiger partial charge is 0.307 e. The summed E-state index contributed by atoms with van der Waals surface area (Å²) in [7, 11) is -2.57. The number of nitrogens with one attached hydrogen (secondary N) is 1. The van der Waals surface area contributed by atoms with Gasteiger partial charge in [0, 0.05) is 4.90 Å². The molecule has 0 aliphatic carbocycles. The number of hydrogen-bond donors (Lipinski definition) is 2. The number of aliphatic carboxylic acids is 1. The lowest BCUT2D eigenvalue weighted by molar-refractivity contribution is -0.136. The van der Waals surface area contributed by atoms with Gasteiger partial charge in [-0.15, -0.1) is 11.8 Å². The summed E-state index contributed by atoms with van der Waals surface area (Å²) in [5.74, 6) is -0.887. The number of carboxylic acids is 1. The van der Waals surface area contributed by atoms with Crippen LogP contribution in [0.2, 0.25) is 0 Å². The molecule has 0 fully saturated rings. The van der Waals surface area contributed by atoms with Crippen molar-refractivity contribution >= 4 is 33.4 Å². The van der Waals surface area contributed by atoms with Gasteiger partial charge in [0.2, 0.25) is 0 Å². The molecule has 2 rings (SSSR count). The third kappa shape index (κ3) is 4.21. The molecule has 6 nitrogen and oxygen atoms in total. The van der Waals surface area contributed by atoms with E-state index < -0.39 is 16.0 Å². The molecule has 0 aliphatic rings. The van der Waals surface area contributed by atoms with Crippen LogP contribution < -0.4 is 9.46 Å². The molecule has 2 aromatic carbocycles. The first kappa shape index (κ1) is 18.2. The van der Waals surface area contributed by atoms with Crippen molar-refractivity contribution in [2.75, 3.05) is 18.1 Å². The summed E-state index contributed by atoms with van der Waals surface area (Å²) >= 11 is 1.42. The van der Waals surface area contributed by atoms with Crippen LogP contribution in [0, 0.1) is 0 Å². The van der Waals surface area contributed by atoms with E-state index in [9.17, 15) is 13.2 Å². The zero-order valence-corrected chi connectivity index (χ0v) is 14.8. The number of hydrogen-bond acceptors (Lipinski definition) is 5. The molecule has 24 heavy (non-hydrogen) atoms. The van der Waals surface area contributed by atoms with Crippen molar-refractivity contribution in [3.05, 3.63) is 48.0 Å². The van der Waals surface area contributed by atoms with Crippen LogP contribution in [0.25, 0.3) is 0 Å². The van der Waals surface area contributed by atoms with Gasteiger partial charge in [-0.3, -0.25) is 9.52 Å². The van der Waals surface area contributed by atoms with Crippen molar-refractivity contribution in [2.45, 2.75) is 16.2 Å². The molecule has 0 radical (unpaired) electrons. The van der Waals surface area contributed by atoms with Gasteiger partial charge in [0.05, 0.1) is 19.2 Å². The SMILES string of the molecule is COc1ccc(CC(=O)O)cc1S(=O)(=O)Nc1ccccc1SC. The molecule has 0 amide bonds. The van der Waals surface area contributed by atoms with Gasteiger partial charge in [0.1, 0.15) is 10.6 Å². The Morgan fingerprint density at radius 1 is 1.25 bits per heavy atom. The summed E-state index contributed by atoms with van der Waals surface area (Å²) in [6.45, 7) is 0. The molecule has 0 aromatic heterocycles. The highest BCUT2D eigenvalue weighted by molar-refractivity contribution is 7.99. The highest BCUT2D eigenvalue weighted by atomic mass is 32.2. The van der Waals surface area contributed by atoms with Gasteiger partial charge in [0.25, 0.3) is 10.0 Å². The van der Waals surface area contributed by atoms with E-state index in [0.717, 1.165) is 4.90 Å². The zero-order valence-electron chi connectivity index (χ0n) is 13.1. The summed E-state index contributed by atoms with van der Waals surface area (Å²) in [6.07, 6.45) is 1.58. The van der Waals surface area contributed by atoms with E-state index in [2.05, 4.69) is 4.72 Å². The molecule has 2 aromatic rings. The zero-order chi connectivity index (χ0) is 17.7. The summed E-state index contributed by atoms with van der Waals surface area (Å²) < 4.78 is 33.1. The lowest BCUT2D eigenvalue weighted by Crippen LogP contribution is -2.15. The summed E-state index contributed by atoms with van der Waals surface area (Å²) in [6, 6.07) is 11.3. The molecule has 0 bridgehead atoms.